The summed E-state index contributed by atoms with van der Waals surface area (Å²) in [4.78, 5) is 4.91. The zero-order valence-electron chi connectivity index (χ0n) is 18.5. The lowest BCUT2D eigenvalue weighted by molar-refractivity contribution is 0.164. The van der Waals surface area contributed by atoms with Crippen molar-refractivity contribution in [2.45, 2.75) is 36.6 Å². The van der Waals surface area contributed by atoms with Gasteiger partial charge >= 0.3 is 0 Å². The zero-order chi connectivity index (χ0) is 22.1. The van der Waals surface area contributed by atoms with Crippen molar-refractivity contribution in [2.24, 2.45) is 0 Å². The Bertz CT molecular complexity index is 1080. The van der Waals surface area contributed by atoms with Crippen LogP contribution >= 0.6 is 0 Å². The van der Waals surface area contributed by atoms with Crippen LogP contribution in [-0.2, 0) is 16.4 Å². The predicted molar refractivity (Wildman–Crippen MR) is 124 cm³/mol. The molecule has 0 saturated carbocycles. The number of anilines is 1. The van der Waals surface area contributed by atoms with Crippen LogP contribution in [0.4, 0.5) is 5.69 Å². The van der Waals surface area contributed by atoms with E-state index in [9.17, 15) is 8.42 Å². The van der Waals surface area contributed by atoms with Gasteiger partial charge in [0.15, 0.2) is 11.5 Å². The van der Waals surface area contributed by atoms with E-state index in [1.54, 1.807) is 18.2 Å². The molecule has 0 amide bonds. The van der Waals surface area contributed by atoms with Crippen molar-refractivity contribution >= 4 is 15.7 Å². The van der Waals surface area contributed by atoms with E-state index >= 15 is 0 Å². The number of likely N-dealkylation sites (tertiary alicyclic amines) is 1. The summed E-state index contributed by atoms with van der Waals surface area (Å²) in [5.74, 6) is 1.07. The maximum atomic E-state index is 13.1. The molecule has 172 valence electrons. The molecule has 5 rings (SSSR count). The SMILES string of the molecule is CN1CCc2cc([C@@H](CNS(=O)(=O)c3ccc4c(c3)OCCO4)N3CCCCC3)ccc21. The van der Waals surface area contributed by atoms with E-state index in [0.29, 0.717) is 31.3 Å². The van der Waals surface area contributed by atoms with Gasteiger partial charge in [-0.2, -0.15) is 0 Å². The lowest BCUT2D eigenvalue weighted by Gasteiger charge is -2.35. The van der Waals surface area contributed by atoms with E-state index in [4.69, 9.17) is 9.47 Å². The molecule has 1 N–H and O–H groups in total. The van der Waals surface area contributed by atoms with Crippen LogP contribution in [0.3, 0.4) is 0 Å². The number of fused-ring (bicyclic) bond motifs is 2. The molecule has 0 radical (unpaired) electrons. The van der Waals surface area contributed by atoms with Gasteiger partial charge in [-0.3, -0.25) is 4.90 Å². The number of nitrogens with one attached hydrogen (secondary N) is 1. The van der Waals surface area contributed by atoms with Crippen molar-refractivity contribution in [3.8, 4) is 11.5 Å². The van der Waals surface area contributed by atoms with E-state index in [0.717, 1.165) is 38.9 Å². The lowest BCUT2D eigenvalue weighted by Crippen LogP contribution is -2.40. The summed E-state index contributed by atoms with van der Waals surface area (Å²) in [6.45, 7) is 4.26. The van der Waals surface area contributed by atoms with Crippen molar-refractivity contribution in [1.82, 2.24) is 9.62 Å². The number of hydrogen-bond acceptors (Lipinski definition) is 6. The normalized spacial score (nSPS) is 19.6. The van der Waals surface area contributed by atoms with Gasteiger partial charge in [0.1, 0.15) is 13.2 Å². The largest absolute Gasteiger partial charge is 0.486 e. The molecule has 7 nitrogen and oxygen atoms in total. The number of ether oxygens (including phenoxy) is 2. The highest BCUT2D eigenvalue weighted by atomic mass is 32.2. The molecule has 8 heteroatoms. The van der Waals surface area contributed by atoms with Gasteiger partial charge in [0, 0.05) is 37.9 Å². The Kier molecular flexibility index (Phi) is 6.01. The van der Waals surface area contributed by atoms with Crippen LogP contribution in [0.1, 0.15) is 36.4 Å². The summed E-state index contributed by atoms with van der Waals surface area (Å²) < 4.78 is 40.2. The summed E-state index contributed by atoms with van der Waals surface area (Å²) in [7, 11) is -1.56. The van der Waals surface area contributed by atoms with E-state index in [1.165, 1.54) is 23.2 Å². The molecule has 1 fully saturated rings. The Morgan fingerprint density at radius 2 is 1.75 bits per heavy atom. The fourth-order valence-corrected chi connectivity index (χ4v) is 6.00. The van der Waals surface area contributed by atoms with E-state index in [2.05, 4.69) is 39.8 Å². The molecule has 0 unspecified atom stereocenters. The topological polar surface area (TPSA) is 71.1 Å². The second-order valence-corrected chi connectivity index (χ2v) is 10.6. The first-order chi connectivity index (χ1) is 15.5. The fraction of sp³-hybridized carbons (Fsp3) is 0.500. The van der Waals surface area contributed by atoms with Gasteiger partial charge in [0.05, 0.1) is 4.90 Å². The number of piperidine rings is 1. The highest BCUT2D eigenvalue weighted by molar-refractivity contribution is 7.89. The van der Waals surface area contributed by atoms with Crippen LogP contribution in [0.5, 0.6) is 11.5 Å². The molecular weight excluding hydrogens is 426 g/mol. The molecule has 2 aromatic rings. The molecule has 0 bridgehead atoms. The van der Waals surface area contributed by atoms with Crippen molar-refractivity contribution in [3.63, 3.8) is 0 Å². The molecule has 1 saturated heterocycles. The van der Waals surface area contributed by atoms with Crippen molar-refractivity contribution in [2.75, 3.05) is 51.3 Å². The maximum absolute atomic E-state index is 13.1. The number of hydrogen-bond donors (Lipinski definition) is 1. The van der Waals surface area contributed by atoms with Gasteiger partial charge in [-0.25, -0.2) is 13.1 Å². The van der Waals surface area contributed by atoms with Crippen LogP contribution in [0.15, 0.2) is 41.3 Å². The van der Waals surface area contributed by atoms with Crippen molar-refractivity contribution in [1.29, 1.82) is 0 Å². The van der Waals surface area contributed by atoms with E-state index in [-0.39, 0.29) is 10.9 Å². The minimum Gasteiger partial charge on any atom is -0.486 e. The molecule has 3 heterocycles. The monoisotopic (exact) mass is 457 g/mol. The first-order valence-corrected chi connectivity index (χ1v) is 13.0. The Morgan fingerprint density at radius 1 is 0.969 bits per heavy atom. The molecule has 3 aliphatic heterocycles. The van der Waals surface area contributed by atoms with E-state index < -0.39 is 10.0 Å². The smallest absolute Gasteiger partial charge is 0.240 e. The number of sulfonamides is 1. The number of nitrogens with zero attached hydrogens (tertiary/aromatic N) is 2. The van der Waals surface area contributed by atoms with Crippen molar-refractivity contribution in [3.05, 3.63) is 47.5 Å². The fourth-order valence-electron chi connectivity index (χ4n) is 4.94. The average molecular weight is 458 g/mol. The predicted octanol–water partition coefficient (Wildman–Crippen LogP) is 2.96. The van der Waals surface area contributed by atoms with Crippen LogP contribution in [0.25, 0.3) is 0 Å². The highest BCUT2D eigenvalue weighted by Gasteiger charge is 2.27. The minimum atomic E-state index is -3.68. The molecule has 2 aromatic carbocycles. The third kappa shape index (κ3) is 4.31. The number of benzene rings is 2. The molecule has 1 atom stereocenters. The Hall–Kier alpha value is -2.29. The molecule has 3 aliphatic rings. The van der Waals surface area contributed by atoms with Crippen LogP contribution in [0.2, 0.25) is 0 Å². The van der Waals surface area contributed by atoms with Gasteiger partial charge in [0.25, 0.3) is 0 Å². The van der Waals surface area contributed by atoms with Gasteiger partial charge in [-0.05, 0) is 61.7 Å². The first kappa shape index (κ1) is 21.6. The third-order valence-electron chi connectivity index (χ3n) is 6.74. The maximum Gasteiger partial charge on any atom is 0.240 e. The van der Waals surface area contributed by atoms with Gasteiger partial charge in [0.2, 0.25) is 10.0 Å². The van der Waals surface area contributed by atoms with Gasteiger partial charge < -0.3 is 14.4 Å². The molecule has 0 spiro atoms. The summed E-state index contributed by atoms with van der Waals surface area (Å²) in [6, 6.07) is 11.4. The highest BCUT2D eigenvalue weighted by Crippen LogP contribution is 2.34. The Balaban J connectivity index is 1.38. The lowest BCUT2D eigenvalue weighted by atomic mass is 9.99. The minimum absolute atomic E-state index is 0.0125. The van der Waals surface area contributed by atoms with Crippen LogP contribution in [-0.4, -0.2) is 59.8 Å². The molecule has 0 aromatic heterocycles. The van der Waals surface area contributed by atoms with Crippen molar-refractivity contribution < 1.29 is 17.9 Å². The Labute approximate surface area is 190 Å². The quantitative estimate of drug-likeness (QED) is 0.719. The zero-order valence-corrected chi connectivity index (χ0v) is 19.4. The molecule has 0 aliphatic carbocycles. The van der Waals surface area contributed by atoms with Crippen LogP contribution < -0.4 is 19.1 Å². The van der Waals surface area contributed by atoms with Gasteiger partial charge in [-0.15, -0.1) is 0 Å². The third-order valence-corrected chi connectivity index (χ3v) is 8.16. The molecule has 32 heavy (non-hydrogen) atoms. The number of rotatable bonds is 6. The Morgan fingerprint density at radius 3 is 2.56 bits per heavy atom. The average Bonchev–Trinajstić information content (AvgIpc) is 3.19. The van der Waals surface area contributed by atoms with Crippen LogP contribution in [0, 0.1) is 0 Å². The second kappa shape index (κ2) is 8.92. The summed E-state index contributed by atoms with van der Waals surface area (Å²) in [6.07, 6.45) is 4.58. The van der Waals surface area contributed by atoms with E-state index in [1.807, 2.05) is 0 Å². The summed E-state index contributed by atoms with van der Waals surface area (Å²) in [5.41, 5.74) is 3.82. The second-order valence-electron chi connectivity index (χ2n) is 8.83. The molecular formula is C24H31N3O4S. The standard InChI is InChI=1S/C24H31N3O4S/c1-26-12-9-19-15-18(5-7-21(19)26)22(27-10-3-2-4-11-27)17-25-32(28,29)20-6-8-23-24(16-20)31-14-13-30-23/h5-8,15-16,22,25H,2-4,9-14,17H2,1H3/t22-/m1/s1. The summed E-state index contributed by atoms with van der Waals surface area (Å²) >= 11 is 0. The van der Waals surface area contributed by atoms with Gasteiger partial charge in [-0.1, -0.05) is 18.6 Å². The summed E-state index contributed by atoms with van der Waals surface area (Å²) in [5, 5.41) is 0. The number of likely N-dealkylation sites (N-methyl/N-ethyl adjacent to an activating group) is 1. The first-order valence-electron chi connectivity index (χ1n) is 11.5.